The zero-order valence-electron chi connectivity index (χ0n) is 12.1. The third-order valence-electron chi connectivity index (χ3n) is 4.16. The van der Waals surface area contributed by atoms with Crippen molar-refractivity contribution in [2.45, 2.75) is 39.5 Å². The average Bonchev–Trinajstić information content (AvgIpc) is 2.40. The van der Waals surface area contributed by atoms with E-state index in [1.807, 2.05) is 12.1 Å². The Balaban J connectivity index is 2.17. The van der Waals surface area contributed by atoms with Gasteiger partial charge in [0.1, 0.15) is 5.84 Å². The summed E-state index contributed by atoms with van der Waals surface area (Å²) in [6.45, 7) is 6.56. The number of anilines is 1. The molecule has 0 amide bonds. The molecule has 0 aromatic heterocycles. The van der Waals surface area contributed by atoms with Gasteiger partial charge >= 0.3 is 0 Å². The van der Waals surface area contributed by atoms with E-state index in [9.17, 15) is 0 Å². The molecule has 1 heterocycles. The van der Waals surface area contributed by atoms with E-state index in [0.29, 0.717) is 0 Å². The van der Waals surface area contributed by atoms with Crippen LogP contribution in [0.5, 0.6) is 0 Å². The predicted molar refractivity (Wildman–Crippen MR) is 82.0 cm³/mol. The van der Waals surface area contributed by atoms with Gasteiger partial charge in [0.25, 0.3) is 0 Å². The number of aryl methyl sites for hydroxylation is 1. The van der Waals surface area contributed by atoms with Crippen LogP contribution in [0.3, 0.4) is 0 Å². The second-order valence-electron chi connectivity index (χ2n) is 5.60. The number of rotatable bonds is 4. The highest BCUT2D eigenvalue weighted by molar-refractivity contribution is 6.01. The molecule has 3 nitrogen and oxygen atoms in total. The SMILES string of the molecule is CCCC1CCN(c2c(C)cccc2C(=N)N)CC1. The summed E-state index contributed by atoms with van der Waals surface area (Å²) in [6.07, 6.45) is 5.16. The Labute approximate surface area is 116 Å². The highest BCUT2D eigenvalue weighted by atomic mass is 15.1. The molecule has 1 aliphatic rings. The van der Waals surface area contributed by atoms with Crippen molar-refractivity contribution >= 4 is 11.5 Å². The first-order valence-corrected chi connectivity index (χ1v) is 7.32. The zero-order chi connectivity index (χ0) is 13.8. The van der Waals surface area contributed by atoms with Gasteiger partial charge in [-0.1, -0.05) is 31.9 Å². The van der Waals surface area contributed by atoms with Gasteiger partial charge in [0.2, 0.25) is 0 Å². The zero-order valence-corrected chi connectivity index (χ0v) is 12.1. The Bertz CT molecular complexity index is 445. The average molecular weight is 259 g/mol. The largest absolute Gasteiger partial charge is 0.384 e. The molecule has 0 radical (unpaired) electrons. The van der Waals surface area contributed by atoms with Crippen LogP contribution in [-0.2, 0) is 0 Å². The normalized spacial score (nSPS) is 16.6. The minimum atomic E-state index is 0.175. The van der Waals surface area contributed by atoms with Gasteiger partial charge in [0.15, 0.2) is 0 Å². The maximum absolute atomic E-state index is 7.75. The summed E-state index contributed by atoms with van der Waals surface area (Å²) in [6, 6.07) is 6.06. The lowest BCUT2D eigenvalue weighted by Gasteiger charge is -2.35. The lowest BCUT2D eigenvalue weighted by molar-refractivity contribution is 0.378. The number of nitrogen functional groups attached to an aromatic ring is 1. The first-order chi connectivity index (χ1) is 9.13. The van der Waals surface area contributed by atoms with Crippen LogP contribution in [0.4, 0.5) is 5.69 Å². The van der Waals surface area contributed by atoms with Crippen LogP contribution in [-0.4, -0.2) is 18.9 Å². The predicted octanol–water partition coefficient (Wildman–Crippen LogP) is 3.30. The minimum absolute atomic E-state index is 0.175. The van der Waals surface area contributed by atoms with Crippen molar-refractivity contribution in [2.75, 3.05) is 18.0 Å². The molecule has 1 aliphatic heterocycles. The smallest absolute Gasteiger partial charge is 0.124 e. The second kappa shape index (κ2) is 6.09. The van der Waals surface area contributed by atoms with Gasteiger partial charge in [-0.3, -0.25) is 5.41 Å². The third kappa shape index (κ3) is 3.09. The number of nitrogens with zero attached hydrogens (tertiary/aromatic N) is 1. The van der Waals surface area contributed by atoms with Crippen molar-refractivity contribution in [3.05, 3.63) is 29.3 Å². The Hall–Kier alpha value is -1.51. The molecule has 0 spiro atoms. The highest BCUT2D eigenvalue weighted by Gasteiger charge is 2.22. The number of amidine groups is 1. The van der Waals surface area contributed by atoms with Gasteiger partial charge < -0.3 is 10.6 Å². The van der Waals surface area contributed by atoms with Gasteiger partial charge in [-0.25, -0.2) is 0 Å². The third-order valence-corrected chi connectivity index (χ3v) is 4.16. The van der Waals surface area contributed by atoms with Crippen molar-refractivity contribution in [1.82, 2.24) is 0 Å². The van der Waals surface area contributed by atoms with E-state index in [0.717, 1.165) is 24.6 Å². The van der Waals surface area contributed by atoms with E-state index in [1.165, 1.54) is 36.9 Å². The molecule has 2 rings (SSSR count). The maximum atomic E-state index is 7.75. The van der Waals surface area contributed by atoms with E-state index in [4.69, 9.17) is 11.1 Å². The van der Waals surface area contributed by atoms with E-state index < -0.39 is 0 Å². The van der Waals surface area contributed by atoms with E-state index in [-0.39, 0.29) is 5.84 Å². The number of piperidine rings is 1. The molecule has 1 aromatic rings. The van der Waals surface area contributed by atoms with Crippen LogP contribution in [0.15, 0.2) is 18.2 Å². The summed E-state index contributed by atoms with van der Waals surface area (Å²) >= 11 is 0. The Morgan fingerprint density at radius 1 is 1.37 bits per heavy atom. The Kier molecular flexibility index (Phi) is 4.46. The summed E-state index contributed by atoms with van der Waals surface area (Å²) in [5.41, 5.74) is 9.00. The van der Waals surface area contributed by atoms with Gasteiger partial charge in [0.05, 0.1) is 5.69 Å². The molecule has 0 atom stereocenters. The van der Waals surface area contributed by atoms with Crippen LogP contribution in [0, 0.1) is 18.3 Å². The second-order valence-corrected chi connectivity index (χ2v) is 5.60. The summed E-state index contributed by atoms with van der Waals surface area (Å²) in [4.78, 5) is 2.41. The summed E-state index contributed by atoms with van der Waals surface area (Å²) in [7, 11) is 0. The molecule has 0 saturated carbocycles. The molecule has 19 heavy (non-hydrogen) atoms. The van der Waals surface area contributed by atoms with Gasteiger partial charge in [-0.2, -0.15) is 0 Å². The standard InChI is InChI=1S/C16H25N3/c1-3-5-13-8-10-19(11-9-13)15-12(2)6-4-7-14(15)16(17)18/h4,6-7,13H,3,5,8-11H2,1-2H3,(H3,17,18). The fourth-order valence-corrected chi connectivity index (χ4v) is 3.15. The number of hydrogen-bond donors (Lipinski definition) is 2. The van der Waals surface area contributed by atoms with E-state index >= 15 is 0 Å². The molecule has 0 aliphatic carbocycles. The summed E-state index contributed by atoms with van der Waals surface area (Å²) < 4.78 is 0. The molecular weight excluding hydrogens is 234 g/mol. The molecule has 1 saturated heterocycles. The maximum Gasteiger partial charge on any atom is 0.124 e. The number of para-hydroxylation sites is 1. The Morgan fingerprint density at radius 3 is 2.63 bits per heavy atom. The summed E-state index contributed by atoms with van der Waals surface area (Å²) in [5.74, 6) is 1.06. The minimum Gasteiger partial charge on any atom is -0.384 e. The van der Waals surface area contributed by atoms with Crippen molar-refractivity contribution < 1.29 is 0 Å². The molecule has 104 valence electrons. The highest BCUT2D eigenvalue weighted by Crippen LogP contribution is 2.30. The molecule has 1 fully saturated rings. The molecule has 3 N–H and O–H groups in total. The first-order valence-electron chi connectivity index (χ1n) is 7.32. The number of benzene rings is 1. The quantitative estimate of drug-likeness (QED) is 0.644. The van der Waals surface area contributed by atoms with E-state index in [1.54, 1.807) is 0 Å². The van der Waals surface area contributed by atoms with Crippen LogP contribution < -0.4 is 10.6 Å². The Morgan fingerprint density at radius 2 is 2.05 bits per heavy atom. The topological polar surface area (TPSA) is 53.1 Å². The summed E-state index contributed by atoms with van der Waals surface area (Å²) in [5, 5.41) is 7.75. The fraction of sp³-hybridized carbons (Fsp3) is 0.562. The van der Waals surface area contributed by atoms with Crippen molar-refractivity contribution in [3.8, 4) is 0 Å². The van der Waals surface area contributed by atoms with Crippen molar-refractivity contribution in [1.29, 1.82) is 5.41 Å². The number of nitrogens with two attached hydrogens (primary N) is 1. The lowest BCUT2D eigenvalue weighted by Crippen LogP contribution is -2.35. The van der Waals surface area contributed by atoms with Gasteiger partial charge in [-0.05, 0) is 37.3 Å². The van der Waals surface area contributed by atoms with Crippen LogP contribution in [0.1, 0.15) is 43.7 Å². The van der Waals surface area contributed by atoms with Gasteiger partial charge in [0, 0.05) is 18.7 Å². The van der Waals surface area contributed by atoms with Gasteiger partial charge in [-0.15, -0.1) is 0 Å². The monoisotopic (exact) mass is 259 g/mol. The van der Waals surface area contributed by atoms with Crippen LogP contribution in [0.25, 0.3) is 0 Å². The van der Waals surface area contributed by atoms with Crippen molar-refractivity contribution in [3.63, 3.8) is 0 Å². The first kappa shape index (κ1) is 13.9. The van der Waals surface area contributed by atoms with Crippen molar-refractivity contribution in [2.24, 2.45) is 11.7 Å². The van der Waals surface area contributed by atoms with E-state index in [2.05, 4.69) is 24.8 Å². The molecular formula is C16H25N3. The molecule has 3 heteroatoms. The molecule has 0 bridgehead atoms. The number of nitrogens with one attached hydrogen (secondary N) is 1. The fourth-order valence-electron chi connectivity index (χ4n) is 3.15. The van der Waals surface area contributed by atoms with Crippen LogP contribution in [0.2, 0.25) is 0 Å². The molecule has 0 unspecified atom stereocenters. The molecule has 1 aromatic carbocycles. The number of hydrogen-bond acceptors (Lipinski definition) is 2. The lowest BCUT2D eigenvalue weighted by atomic mass is 9.91. The van der Waals surface area contributed by atoms with Crippen LogP contribution >= 0.6 is 0 Å².